The fourth-order valence-electron chi connectivity index (χ4n) is 5.82. The molecule has 1 aliphatic heterocycles. The number of methoxy groups -OCH3 is 1. The van der Waals surface area contributed by atoms with Crippen molar-refractivity contribution in [1.82, 2.24) is 14.9 Å². The van der Waals surface area contributed by atoms with Gasteiger partial charge in [0.1, 0.15) is 17.4 Å². The minimum atomic E-state index is -0.671. The first-order valence-corrected chi connectivity index (χ1v) is 16.3. The normalized spacial score (nSPS) is 20.1. The molecule has 6 nitrogen and oxygen atoms in total. The summed E-state index contributed by atoms with van der Waals surface area (Å²) < 4.78 is 37.6. The molecule has 1 saturated heterocycles. The van der Waals surface area contributed by atoms with E-state index in [0.29, 0.717) is 32.8 Å². The highest BCUT2D eigenvalue weighted by Gasteiger charge is 2.34. The van der Waals surface area contributed by atoms with Gasteiger partial charge in [-0.1, -0.05) is 43.3 Å². The van der Waals surface area contributed by atoms with Gasteiger partial charge in [0.2, 0.25) is 5.91 Å². The number of halogens is 4. The maximum Gasteiger partial charge on any atom is 0.247 e. The molecule has 2 aromatic carbocycles. The number of nitrogens with zero attached hydrogens (tertiary/aromatic N) is 3. The van der Waals surface area contributed by atoms with Crippen LogP contribution < -0.4 is 10.1 Å². The molecule has 0 radical (unpaired) electrons. The van der Waals surface area contributed by atoms with Gasteiger partial charge in [0.15, 0.2) is 5.16 Å². The second-order valence-electron chi connectivity index (χ2n) is 12.5. The average molecular weight is 663 g/mol. The van der Waals surface area contributed by atoms with Gasteiger partial charge in [-0.15, -0.1) is 11.6 Å². The van der Waals surface area contributed by atoms with Gasteiger partial charge in [0, 0.05) is 28.8 Å². The number of rotatable bonds is 9. The van der Waals surface area contributed by atoms with Crippen molar-refractivity contribution >= 4 is 40.9 Å². The lowest BCUT2D eigenvalue weighted by Crippen LogP contribution is -2.43. The zero-order chi connectivity index (χ0) is 31.8. The van der Waals surface area contributed by atoms with Crippen LogP contribution in [0.2, 0.25) is 5.02 Å². The van der Waals surface area contributed by atoms with E-state index in [1.807, 2.05) is 16.7 Å². The number of amides is 1. The third-order valence-corrected chi connectivity index (χ3v) is 10.2. The lowest BCUT2D eigenvalue weighted by atomic mass is 9.81. The summed E-state index contributed by atoms with van der Waals surface area (Å²) in [4.78, 5) is 17.7. The molecule has 1 fully saturated rings. The summed E-state index contributed by atoms with van der Waals surface area (Å²) in [5, 5.41) is 3.49. The van der Waals surface area contributed by atoms with Crippen molar-refractivity contribution in [2.45, 2.75) is 48.7 Å². The number of likely N-dealkylation sites (N-methyl/N-ethyl adjacent to an activating group) is 1. The lowest BCUT2D eigenvalue weighted by Gasteiger charge is -2.28. The molecule has 2 atom stereocenters. The summed E-state index contributed by atoms with van der Waals surface area (Å²) >= 11 is 14.3. The number of carbonyl (C=O) groups is 1. The van der Waals surface area contributed by atoms with Crippen molar-refractivity contribution in [2.24, 2.45) is 0 Å². The third kappa shape index (κ3) is 6.86. The first kappa shape index (κ1) is 32.5. The summed E-state index contributed by atoms with van der Waals surface area (Å²) in [6.45, 7) is 5.94. The van der Waals surface area contributed by atoms with Gasteiger partial charge in [-0.2, -0.15) is 0 Å². The number of quaternary nitrogens is 1. The Labute approximate surface area is 271 Å². The number of ether oxygens (including phenoxy) is 1. The molecular weight excluding hydrogens is 625 g/mol. The zero-order valence-corrected chi connectivity index (χ0v) is 27.8. The number of alkyl halides is 1. The molecule has 1 aliphatic carbocycles. The van der Waals surface area contributed by atoms with E-state index in [4.69, 9.17) is 32.9 Å². The van der Waals surface area contributed by atoms with Gasteiger partial charge in [-0.3, -0.25) is 9.36 Å². The van der Waals surface area contributed by atoms with Crippen LogP contribution in [0.5, 0.6) is 5.75 Å². The molecule has 5 rings (SSSR count). The van der Waals surface area contributed by atoms with Crippen molar-refractivity contribution in [3.8, 4) is 11.4 Å². The van der Waals surface area contributed by atoms with Gasteiger partial charge in [0.25, 0.3) is 0 Å². The highest BCUT2D eigenvalue weighted by Crippen LogP contribution is 2.40. The molecule has 0 bridgehead atoms. The number of benzene rings is 2. The minimum absolute atomic E-state index is 0.0638. The molecule has 0 spiro atoms. The molecule has 1 amide bonds. The van der Waals surface area contributed by atoms with Crippen molar-refractivity contribution in [3.63, 3.8) is 0 Å². The highest BCUT2D eigenvalue weighted by molar-refractivity contribution is 7.99. The van der Waals surface area contributed by atoms with E-state index in [1.165, 1.54) is 30.0 Å². The van der Waals surface area contributed by atoms with Gasteiger partial charge in [-0.25, -0.2) is 13.8 Å². The molecular formula is C33H37Cl2F2N4O2S+. The van der Waals surface area contributed by atoms with Crippen LogP contribution >= 0.6 is 35.0 Å². The van der Waals surface area contributed by atoms with E-state index in [9.17, 15) is 9.18 Å². The summed E-state index contributed by atoms with van der Waals surface area (Å²) in [6.07, 6.45) is 4.22. The van der Waals surface area contributed by atoms with Crippen LogP contribution in [-0.4, -0.2) is 71.4 Å². The predicted octanol–water partition coefficient (Wildman–Crippen LogP) is 7.22. The van der Waals surface area contributed by atoms with Crippen LogP contribution in [0, 0.1) is 5.82 Å². The number of imidazole rings is 1. The Morgan fingerprint density at radius 2 is 1.93 bits per heavy atom. The van der Waals surface area contributed by atoms with Crippen LogP contribution in [0.15, 0.2) is 76.9 Å². The Morgan fingerprint density at radius 1 is 1.20 bits per heavy atom. The average Bonchev–Trinajstić information content (AvgIpc) is 3.55. The molecule has 44 heavy (non-hydrogen) atoms. The van der Waals surface area contributed by atoms with Crippen LogP contribution in [0.3, 0.4) is 0 Å². The molecule has 1 N–H and O–H groups in total. The number of carbonyl (C=O) groups excluding carboxylic acids is 1. The molecule has 234 valence electrons. The Kier molecular flexibility index (Phi) is 9.52. The Morgan fingerprint density at radius 3 is 2.57 bits per heavy atom. The van der Waals surface area contributed by atoms with E-state index < -0.39 is 16.6 Å². The van der Waals surface area contributed by atoms with Gasteiger partial charge < -0.3 is 14.5 Å². The molecule has 2 aliphatic rings. The Balaban J connectivity index is 1.42. The third-order valence-electron chi connectivity index (χ3n) is 8.49. The Hall–Kier alpha value is -2.85. The number of nitrogens with one attached hydrogen (secondary N) is 1. The number of allylic oxidation sites excluding steroid dienone is 2. The second-order valence-corrected chi connectivity index (χ2v) is 14.4. The van der Waals surface area contributed by atoms with Crippen LogP contribution in [0.1, 0.15) is 37.9 Å². The topological polar surface area (TPSA) is 56.1 Å². The highest BCUT2D eigenvalue weighted by atomic mass is 35.5. The fourth-order valence-corrected chi connectivity index (χ4v) is 7.54. The second kappa shape index (κ2) is 12.9. The zero-order valence-electron chi connectivity index (χ0n) is 25.5. The molecule has 1 unspecified atom stereocenters. The van der Waals surface area contributed by atoms with Gasteiger partial charge in [0.05, 0.1) is 62.6 Å². The first-order valence-electron chi connectivity index (χ1n) is 14.5. The van der Waals surface area contributed by atoms with E-state index in [1.54, 1.807) is 31.5 Å². The summed E-state index contributed by atoms with van der Waals surface area (Å²) in [7, 11) is 5.83. The lowest BCUT2D eigenvalue weighted by molar-refractivity contribution is -0.878. The maximum atomic E-state index is 15.5. The summed E-state index contributed by atoms with van der Waals surface area (Å²) in [5.74, 6) is -0.327. The molecule has 3 aromatic rings. The quantitative estimate of drug-likeness (QED) is 0.150. The maximum absolute atomic E-state index is 15.5. The predicted molar refractivity (Wildman–Crippen MR) is 173 cm³/mol. The van der Waals surface area contributed by atoms with Crippen molar-refractivity contribution in [2.75, 3.05) is 40.0 Å². The fraction of sp³-hybridized carbons (Fsp3) is 0.394. The number of aromatic nitrogens is 2. The van der Waals surface area contributed by atoms with E-state index in [0.717, 1.165) is 35.3 Å². The van der Waals surface area contributed by atoms with E-state index in [2.05, 4.69) is 33.3 Å². The smallest absolute Gasteiger partial charge is 0.247 e. The van der Waals surface area contributed by atoms with Gasteiger partial charge in [-0.05, 0) is 60.0 Å². The number of likely N-dealkylation sites (tertiary alicyclic amines) is 1. The van der Waals surface area contributed by atoms with Crippen molar-refractivity contribution < 1.29 is 22.8 Å². The number of hydrogen-bond donors (Lipinski definition) is 1. The monoisotopic (exact) mass is 661 g/mol. The van der Waals surface area contributed by atoms with Gasteiger partial charge >= 0.3 is 0 Å². The van der Waals surface area contributed by atoms with E-state index in [-0.39, 0.29) is 29.9 Å². The minimum Gasteiger partial charge on any atom is -0.495 e. The van der Waals surface area contributed by atoms with Crippen LogP contribution in [-0.2, 0) is 10.2 Å². The number of thioether (sulfide) groups is 1. The standard InChI is InChI=1S/C33H36Cl2F2N4O2S/c1-33(2,21-6-11-26(34)29(16-21)43-5)30-17-38-32(40(30)24-9-7-22(36)8-10-24)44-19-25-27(35)14-20(15-28(25)37)31(42)39-23-12-13-41(3,4)18-23/h6-11,15-17,23,27H,12-14,18-19H2,1-5H3/p+1/t23-,27?/m1/s1. The summed E-state index contributed by atoms with van der Waals surface area (Å²) in [5.41, 5.74) is 2.68. The van der Waals surface area contributed by atoms with E-state index >= 15 is 4.39 Å². The SMILES string of the molecule is COc1cc(C(C)(C)c2cnc(SCC3=C(F)C=C(C(=O)N[C@@H]4CC[N+](C)(C)C4)CC3Cl)n2-c2ccc(F)cc2)ccc1Cl. The molecule has 11 heteroatoms. The van der Waals surface area contributed by atoms with Crippen LogP contribution in [0.4, 0.5) is 8.78 Å². The van der Waals surface area contributed by atoms with Crippen LogP contribution in [0.25, 0.3) is 5.69 Å². The van der Waals surface area contributed by atoms with Crippen molar-refractivity contribution in [1.29, 1.82) is 0 Å². The number of hydrogen-bond acceptors (Lipinski definition) is 4. The Bertz CT molecular complexity index is 1620. The molecule has 0 saturated carbocycles. The van der Waals surface area contributed by atoms with Crippen molar-refractivity contribution in [3.05, 3.63) is 93.8 Å². The summed E-state index contributed by atoms with van der Waals surface area (Å²) in [6, 6.07) is 11.9. The molecule has 1 aromatic heterocycles. The first-order chi connectivity index (χ1) is 20.8. The molecule has 2 heterocycles. The largest absolute Gasteiger partial charge is 0.495 e.